The summed E-state index contributed by atoms with van der Waals surface area (Å²) in [6, 6.07) is 6.79. The largest absolute Gasteiger partial charge is 0.370 e. The van der Waals surface area contributed by atoms with E-state index in [0.29, 0.717) is 0 Å². The first-order valence-electron chi connectivity index (χ1n) is 7.16. The maximum Gasteiger partial charge on any atom is 0.270 e. The fourth-order valence-electron chi connectivity index (χ4n) is 2.23. The molecule has 0 bridgehead atoms. The van der Waals surface area contributed by atoms with Gasteiger partial charge in [-0.25, -0.2) is 4.98 Å². The highest BCUT2D eigenvalue weighted by atomic mass is 16.6. The van der Waals surface area contributed by atoms with E-state index in [2.05, 4.69) is 38.0 Å². The fraction of sp³-hybridized carbons (Fsp3) is 0.438. The minimum absolute atomic E-state index is 0.0815. The van der Waals surface area contributed by atoms with Crippen molar-refractivity contribution in [1.82, 2.24) is 4.98 Å². The van der Waals surface area contributed by atoms with Crippen LogP contribution in [0.25, 0.3) is 10.9 Å². The Balaban J connectivity index is 2.61. The molecule has 0 unspecified atom stereocenters. The summed E-state index contributed by atoms with van der Waals surface area (Å²) in [5, 5.41) is 15.1. The zero-order valence-corrected chi connectivity index (χ0v) is 12.9. The third kappa shape index (κ3) is 3.29. The minimum Gasteiger partial charge on any atom is -0.370 e. The van der Waals surface area contributed by atoms with Gasteiger partial charge >= 0.3 is 0 Å². The predicted molar refractivity (Wildman–Crippen MR) is 85.9 cm³/mol. The van der Waals surface area contributed by atoms with Crippen LogP contribution >= 0.6 is 0 Å². The highest BCUT2D eigenvalue weighted by Gasteiger charge is 2.20. The number of benzene rings is 1. The first-order chi connectivity index (χ1) is 9.82. The molecule has 0 amide bonds. The molecule has 5 nitrogen and oxygen atoms in total. The molecular weight excluding hydrogens is 266 g/mol. The second kappa shape index (κ2) is 5.68. The zero-order valence-electron chi connectivity index (χ0n) is 12.9. The number of rotatable bonds is 4. The van der Waals surface area contributed by atoms with Crippen LogP contribution in [-0.4, -0.2) is 16.5 Å². The summed E-state index contributed by atoms with van der Waals surface area (Å²) in [6.45, 7) is 9.31. The number of nitro groups is 1. The number of nitro benzene ring substituents is 1. The molecule has 1 aromatic heterocycles. The summed E-state index contributed by atoms with van der Waals surface area (Å²) in [6.07, 6.45) is 1.02. The lowest BCUT2D eigenvalue weighted by molar-refractivity contribution is -0.384. The molecule has 0 aliphatic heterocycles. The number of non-ortho nitro benzene ring substituents is 1. The Hall–Kier alpha value is -2.17. The summed E-state index contributed by atoms with van der Waals surface area (Å²) in [5.74, 6) is 0.866. The molecule has 112 valence electrons. The lowest BCUT2D eigenvalue weighted by atomic mass is 9.86. The third-order valence-electron chi connectivity index (χ3n) is 3.36. The Kier molecular flexibility index (Phi) is 4.11. The Labute approximate surface area is 124 Å². The first-order valence-corrected chi connectivity index (χ1v) is 7.16. The standard InChI is InChI=1S/C16H21N3O2/c1-5-8-17-15-13(16(2,3)4)10-11-9-12(19(20)21)6-7-14(11)18-15/h6-7,9-10H,5,8H2,1-4H3,(H,17,18). The number of aromatic nitrogens is 1. The molecule has 5 heteroatoms. The van der Waals surface area contributed by atoms with Crippen molar-refractivity contribution in [3.63, 3.8) is 0 Å². The van der Waals surface area contributed by atoms with E-state index in [4.69, 9.17) is 0 Å². The number of anilines is 1. The molecule has 0 aliphatic carbocycles. The van der Waals surface area contributed by atoms with E-state index in [9.17, 15) is 10.1 Å². The quantitative estimate of drug-likeness (QED) is 0.673. The van der Waals surface area contributed by atoms with Crippen molar-refractivity contribution in [3.8, 4) is 0 Å². The number of nitrogens with one attached hydrogen (secondary N) is 1. The van der Waals surface area contributed by atoms with E-state index >= 15 is 0 Å². The van der Waals surface area contributed by atoms with Gasteiger partial charge in [0.05, 0.1) is 10.4 Å². The molecule has 2 aromatic rings. The lowest BCUT2D eigenvalue weighted by Gasteiger charge is -2.23. The maximum atomic E-state index is 10.9. The van der Waals surface area contributed by atoms with Crippen LogP contribution < -0.4 is 5.32 Å². The first kappa shape index (κ1) is 15.2. The molecule has 0 atom stereocenters. The van der Waals surface area contributed by atoms with Crippen molar-refractivity contribution in [3.05, 3.63) is 39.9 Å². The molecule has 1 N–H and O–H groups in total. The van der Waals surface area contributed by atoms with Crippen LogP contribution in [-0.2, 0) is 5.41 Å². The van der Waals surface area contributed by atoms with Gasteiger partial charge < -0.3 is 5.32 Å². The van der Waals surface area contributed by atoms with Crippen LogP contribution in [0.2, 0.25) is 0 Å². The van der Waals surface area contributed by atoms with Gasteiger partial charge in [0.15, 0.2) is 0 Å². The van der Waals surface area contributed by atoms with Gasteiger partial charge in [-0.15, -0.1) is 0 Å². The molecule has 2 rings (SSSR count). The molecule has 21 heavy (non-hydrogen) atoms. The van der Waals surface area contributed by atoms with Gasteiger partial charge in [-0.3, -0.25) is 10.1 Å². The average Bonchev–Trinajstić information content (AvgIpc) is 2.42. The van der Waals surface area contributed by atoms with E-state index in [0.717, 1.165) is 35.2 Å². The van der Waals surface area contributed by atoms with Crippen molar-refractivity contribution < 1.29 is 4.92 Å². The van der Waals surface area contributed by atoms with Gasteiger partial charge in [-0.05, 0) is 24.0 Å². The van der Waals surface area contributed by atoms with Crippen molar-refractivity contribution in [1.29, 1.82) is 0 Å². The van der Waals surface area contributed by atoms with Crippen LogP contribution in [0.15, 0.2) is 24.3 Å². The molecule has 0 spiro atoms. The molecule has 0 radical (unpaired) electrons. The summed E-state index contributed by atoms with van der Waals surface area (Å²) < 4.78 is 0. The van der Waals surface area contributed by atoms with E-state index in [1.165, 1.54) is 6.07 Å². The van der Waals surface area contributed by atoms with E-state index in [1.54, 1.807) is 12.1 Å². The Morgan fingerprint density at radius 3 is 2.57 bits per heavy atom. The molecular formula is C16H21N3O2. The summed E-state index contributed by atoms with van der Waals surface area (Å²) in [5.41, 5.74) is 1.86. The molecule has 0 fully saturated rings. The number of hydrogen-bond acceptors (Lipinski definition) is 4. The Morgan fingerprint density at radius 1 is 1.29 bits per heavy atom. The summed E-state index contributed by atoms with van der Waals surface area (Å²) in [7, 11) is 0. The van der Waals surface area contributed by atoms with E-state index < -0.39 is 0 Å². The van der Waals surface area contributed by atoms with Crippen LogP contribution in [0.4, 0.5) is 11.5 Å². The average molecular weight is 287 g/mol. The second-order valence-electron chi connectivity index (χ2n) is 6.20. The normalized spacial score (nSPS) is 11.6. The smallest absolute Gasteiger partial charge is 0.270 e. The zero-order chi connectivity index (χ0) is 15.6. The van der Waals surface area contributed by atoms with Crippen molar-refractivity contribution in [2.75, 3.05) is 11.9 Å². The van der Waals surface area contributed by atoms with Crippen molar-refractivity contribution in [2.45, 2.75) is 39.5 Å². The van der Waals surface area contributed by atoms with Gasteiger partial charge in [0.1, 0.15) is 5.82 Å². The summed E-state index contributed by atoms with van der Waals surface area (Å²) >= 11 is 0. The molecule has 1 heterocycles. The SMILES string of the molecule is CCCNc1nc2ccc([N+](=O)[O-])cc2cc1C(C)(C)C. The molecule has 0 saturated heterocycles. The fourth-order valence-corrected chi connectivity index (χ4v) is 2.23. The molecule has 0 aliphatic rings. The highest BCUT2D eigenvalue weighted by molar-refractivity contribution is 5.84. The maximum absolute atomic E-state index is 10.9. The van der Waals surface area contributed by atoms with Crippen LogP contribution in [0.5, 0.6) is 0 Å². The topological polar surface area (TPSA) is 68.1 Å². The van der Waals surface area contributed by atoms with Gasteiger partial charge in [-0.2, -0.15) is 0 Å². The number of fused-ring (bicyclic) bond motifs is 1. The molecule has 0 saturated carbocycles. The number of nitrogens with zero attached hydrogens (tertiary/aromatic N) is 2. The monoisotopic (exact) mass is 287 g/mol. The van der Waals surface area contributed by atoms with Gasteiger partial charge in [0.2, 0.25) is 0 Å². The Morgan fingerprint density at radius 2 is 2.00 bits per heavy atom. The minimum atomic E-state index is -0.376. The van der Waals surface area contributed by atoms with Crippen LogP contribution in [0.3, 0.4) is 0 Å². The van der Waals surface area contributed by atoms with E-state index in [-0.39, 0.29) is 16.0 Å². The van der Waals surface area contributed by atoms with Crippen molar-refractivity contribution >= 4 is 22.4 Å². The van der Waals surface area contributed by atoms with Gasteiger partial charge in [0, 0.05) is 29.6 Å². The second-order valence-corrected chi connectivity index (χ2v) is 6.20. The van der Waals surface area contributed by atoms with Gasteiger partial charge in [0.25, 0.3) is 5.69 Å². The van der Waals surface area contributed by atoms with E-state index in [1.807, 2.05) is 6.07 Å². The van der Waals surface area contributed by atoms with Crippen LogP contribution in [0.1, 0.15) is 39.7 Å². The molecule has 1 aromatic carbocycles. The third-order valence-corrected chi connectivity index (χ3v) is 3.36. The van der Waals surface area contributed by atoms with Crippen LogP contribution in [0, 0.1) is 10.1 Å². The predicted octanol–water partition coefficient (Wildman–Crippen LogP) is 4.26. The number of hydrogen-bond donors (Lipinski definition) is 1. The Bertz CT molecular complexity index is 675. The number of pyridine rings is 1. The van der Waals surface area contributed by atoms with Crippen molar-refractivity contribution in [2.24, 2.45) is 0 Å². The summed E-state index contributed by atoms with van der Waals surface area (Å²) in [4.78, 5) is 15.2. The van der Waals surface area contributed by atoms with Gasteiger partial charge in [-0.1, -0.05) is 27.7 Å². The highest BCUT2D eigenvalue weighted by Crippen LogP contribution is 2.32. The lowest BCUT2D eigenvalue weighted by Crippen LogP contribution is -2.16.